The van der Waals surface area contributed by atoms with Crippen molar-refractivity contribution in [1.82, 2.24) is 25.1 Å². The van der Waals surface area contributed by atoms with E-state index >= 15 is 0 Å². The standard InChI is InChI=1S/C22H20ClN7O2/c23-16-6-4-5-15(11-16)19(14-31)28-22(32)27-18-12-25-30(13-18)20-9-10-24-21(29-20)26-17-7-2-1-3-8-17/h1-13,19,31H,14H2,(H,24,26,29)(H2,27,28,32). The van der Waals surface area contributed by atoms with E-state index in [9.17, 15) is 9.90 Å². The number of halogens is 1. The van der Waals surface area contributed by atoms with Gasteiger partial charge in [-0.25, -0.2) is 14.5 Å². The summed E-state index contributed by atoms with van der Waals surface area (Å²) in [6.07, 6.45) is 4.74. The molecule has 0 spiro atoms. The smallest absolute Gasteiger partial charge is 0.319 e. The van der Waals surface area contributed by atoms with Crippen molar-refractivity contribution in [3.05, 3.63) is 89.8 Å². The van der Waals surface area contributed by atoms with Crippen LogP contribution in [-0.4, -0.2) is 37.5 Å². The zero-order valence-electron chi connectivity index (χ0n) is 16.8. The summed E-state index contributed by atoms with van der Waals surface area (Å²) in [5, 5.41) is 23.0. The molecule has 0 fully saturated rings. The number of carbonyl (C=O) groups excluding carboxylic acids is 1. The van der Waals surface area contributed by atoms with E-state index < -0.39 is 12.1 Å². The van der Waals surface area contributed by atoms with Crippen LogP contribution in [0, 0.1) is 0 Å². The largest absolute Gasteiger partial charge is 0.394 e. The molecule has 0 bridgehead atoms. The molecule has 9 nitrogen and oxygen atoms in total. The predicted molar refractivity (Wildman–Crippen MR) is 122 cm³/mol. The fraction of sp³-hybridized carbons (Fsp3) is 0.0909. The topological polar surface area (TPSA) is 117 Å². The minimum Gasteiger partial charge on any atom is -0.394 e. The van der Waals surface area contributed by atoms with Gasteiger partial charge in [-0.2, -0.15) is 10.1 Å². The van der Waals surface area contributed by atoms with E-state index in [-0.39, 0.29) is 6.61 Å². The molecule has 2 aromatic heterocycles. The summed E-state index contributed by atoms with van der Waals surface area (Å²) in [7, 11) is 0. The number of hydrogen-bond acceptors (Lipinski definition) is 6. The highest BCUT2D eigenvalue weighted by molar-refractivity contribution is 6.30. The molecule has 2 aromatic carbocycles. The molecule has 0 aliphatic heterocycles. The molecule has 0 radical (unpaired) electrons. The van der Waals surface area contributed by atoms with Crippen molar-refractivity contribution in [3.8, 4) is 5.82 Å². The molecule has 32 heavy (non-hydrogen) atoms. The van der Waals surface area contributed by atoms with Crippen molar-refractivity contribution in [3.63, 3.8) is 0 Å². The Morgan fingerprint density at radius 1 is 1.09 bits per heavy atom. The highest BCUT2D eigenvalue weighted by atomic mass is 35.5. The van der Waals surface area contributed by atoms with E-state index in [4.69, 9.17) is 11.6 Å². The number of aliphatic hydroxyl groups is 1. The Labute approximate surface area is 189 Å². The number of aliphatic hydroxyl groups excluding tert-OH is 1. The summed E-state index contributed by atoms with van der Waals surface area (Å²) >= 11 is 5.99. The third-order valence-electron chi connectivity index (χ3n) is 4.48. The lowest BCUT2D eigenvalue weighted by Gasteiger charge is -2.17. The van der Waals surface area contributed by atoms with Gasteiger partial charge in [0.2, 0.25) is 5.95 Å². The Bertz CT molecular complexity index is 1200. The monoisotopic (exact) mass is 449 g/mol. The van der Waals surface area contributed by atoms with Gasteiger partial charge in [0.15, 0.2) is 5.82 Å². The Morgan fingerprint density at radius 3 is 2.72 bits per heavy atom. The van der Waals surface area contributed by atoms with Gasteiger partial charge in [-0.3, -0.25) is 0 Å². The predicted octanol–water partition coefficient (Wildman–Crippen LogP) is 3.91. The minimum atomic E-state index is -0.600. The maximum absolute atomic E-state index is 12.4. The van der Waals surface area contributed by atoms with E-state index in [1.54, 1.807) is 42.7 Å². The summed E-state index contributed by atoms with van der Waals surface area (Å²) < 4.78 is 1.52. The molecule has 1 atom stereocenters. The van der Waals surface area contributed by atoms with E-state index in [0.717, 1.165) is 5.69 Å². The van der Waals surface area contributed by atoms with Crippen molar-refractivity contribution in [2.45, 2.75) is 6.04 Å². The van der Waals surface area contributed by atoms with Crippen molar-refractivity contribution in [2.75, 3.05) is 17.2 Å². The van der Waals surface area contributed by atoms with Gasteiger partial charge >= 0.3 is 6.03 Å². The van der Waals surface area contributed by atoms with Crippen LogP contribution in [0.5, 0.6) is 0 Å². The maximum atomic E-state index is 12.4. The molecule has 2 amide bonds. The average Bonchev–Trinajstić information content (AvgIpc) is 3.27. The van der Waals surface area contributed by atoms with Gasteiger partial charge in [0.1, 0.15) is 0 Å². The number of aromatic nitrogens is 4. The summed E-state index contributed by atoms with van der Waals surface area (Å²) in [6, 6.07) is 17.1. The molecule has 0 aliphatic rings. The van der Waals surface area contributed by atoms with E-state index in [2.05, 4.69) is 31.0 Å². The maximum Gasteiger partial charge on any atom is 0.319 e. The lowest BCUT2D eigenvalue weighted by atomic mass is 10.1. The van der Waals surface area contributed by atoms with Crippen LogP contribution in [0.2, 0.25) is 5.02 Å². The molecule has 10 heteroatoms. The highest BCUT2D eigenvalue weighted by Gasteiger charge is 2.15. The van der Waals surface area contributed by atoms with Crippen LogP contribution in [0.15, 0.2) is 79.3 Å². The van der Waals surface area contributed by atoms with Crippen LogP contribution in [0.4, 0.5) is 22.1 Å². The first kappa shape index (κ1) is 21.3. The molecule has 4 N–H and O–H groups in total. The zero-order valence-corrected chi connectivity index (χ0v) is 17.6. The number of amides is 2. The van der Waals surface area contributed by atoms with E-state index in [0.29, 0.717) is 28.0 Å². The number of nitrogens with zero attached hydrogens (tertiary/aromatic N) is 4. The van der Waals surface area contributed by atoms with Gasteiger partial charge in [-0.05, 0) is 29.8 Å². The van der Waals surface area contributed by atoms with E-state index in [1.807, 2.05) is 30.3 Å². The Balaban J connectivity index is 1.41. The van der Waals surface area contributed by atoms with Crippen LogP contribution in [0.3, 0.4) is 0 Å². The summed E-state index contributed by atoms with van der Waals surface area (Å²) in [5.41, 5.74) is 2.02. The number of para-hydroxylation sites is 1. The van der Waals surface area contributed by atoms with Gasteiger partial charge in [0.25, 0.3) is 0 Å². The van der Waals surface area contributed by atoms with Crippen molar-refractivity contribution >= 4 is 35.0 Å². The first-order valence-electron chi connectivity index (χ1n) is 9.75. The molecular formula is C22H20ClN7O2. The van der Waals surface area contributed by atoms with Gasteiger partial charge < -0.3 is 21.1 Å². The quantitative estimate of drug-likeness (QED) is 0.340. The minimum absolute atomic E-state index is 0.273. The Kier molecular flexibility index (Phi) is 6.59. The molecule has 1 unspecified atom stereocenters. The SMILES string of the molecule is O=C(Nc1cnn(-c2ccnc(Nc3ccccc3)n2)c1)NC(CO)c1cccc(Cl)c1. The van der Waals surface area contributed by atoms with Crippen molar-refractivity contribution in [1.29, 1.82) is 0 Å². The summed E-state index contributed by atoms with van der Waals surface area (Å²) in [4.78, 5) is 21.1. The van der Waals surface area contributed by atoms with Crippen LogP contribution >= 0.6 is 11.6 Å². The molecule has 0 saturated heterocycles. The van der Waals surface area contributed by atoms with E-state index in [1.165, 1.54) is 10.9 Å². The number of anilines is 3. The van der Waals surface area contributed by atoms with Crippen molar-refractivity contribution in [2.24, 2.45) is 0 Å². The van der Waals surface area contributed by atoms with Gasteiger partial charge in [0, 0.05) is 23.0 Å². The van der Waals surface area contributed by atoms with Crippen LogP contribution in [0.1, 0.15) is 11.6 Å². The normalized spacial score (nSPS) is 11.6. The fourth-order valence-electron chi connectivity index (χ4n) is 2.98. The lowest BCUT2D eigenvalue weighted by Crippen LogP contribution is -2.34. The van der Waals surface area contributed by atoms with Crippen molar-refractivity contribution < 1.29 is 9.90 Å². The molecule has 4 aromatic rings. The lowest BCUT2D eigenvalue weighted by molar-refractivity contribution is 0.225. The number of rotatable bonds is 7. The molecule has 0 saturated carbocycles. The second-order valence-electron chi connectivity index (χ2n) is 6.79. The third kappa shape index (κ3) is 5.39. The van der Waals surface area contributed by atoms with Gasteiger partial charge in [0.05, 0.1) is 30.7 Å². The molecule has 2 heterocycles. The third-order valence-corrected chi connectivity index (χ3v) is 4.72. The average molecular weight is 450 g/mol. The molecular weight excluding hydrogens is 430 g/mol. The Morgan fingerprint density at radius 2 is 1.94 bits per heavy atom. The van der Waals surface area contributed by atoms with Crippen LogP contribution in [0.25, 0.3) is 5.82 Å². The Hall–Kier alpha value is -3.95. The van der Waals surface area contributed by atoms with Crippen LogP contribution < -0.4 is 16.0 Å². The number of benzene rings is 2. The first-order chi connectivity index (χ1) is 15.6. The number of nitrogens with one attached hydrogen (secondary N) is 3. The van der Waals surface area contributed by atoms with Gasteiger partial charge in [-0.15, -0.1) is 0 Å². The molecule has 4 rings (SSSR count). The highest BCUT2D eigenvalue weighted by Crippen LogP contribution is 2.18. The number of urea groups is 1. The zero-order chi connectivity index (χ0) is 22.3. The summed E-state index contributed by atoms with van der Waals surface area (Å²) in [5.74, 6) is 0.947. The fourth-order valence-corrected chi connectivity index (χ4v) is 3.18. The molecule has 162 valence electrons. The van der Waals surface area contributed by atoms with Crippen LogP contribution in [-0.2, 0) is 0 Å². The number of carbonyl (C=O) groups is 1. The molecule has 0 aliphatic carbocycles. The summed E-state index contributed by atoms with van der Waals surface area (Å²) in [6.45, 7) is -0.273. The second-order valence-corrected chi connectivity index (χ2v) is 7.23. The second kappa shape index (κ2) is 9.90. The first-order valence-corrected chi connectivity index (χ1v) is 10.1. The van der Waals surface area contributed by atoms with Gasteiger partial charge in [-0.1, -0.05) is 41.9 Å². The number of hydrogen-bond donors (Lipinski definition) is 4.